The van der Waals surface area contributed by atoms with Gasteiger partial charge in [-0.25, -0.2) is 9.59 Å². The van der Waals surface area contributed by atoms with E-state index in [1.165, 1.54) is 0 Å². The van der Waals surface area contributed by atoms with Crippen molar-refractivity contribution < 1.29 is 19.1 Å². The van der Waals surface area contributed by atoms with Crippen molar-refractivity contribution in [2.24, 2.45) is 0 Å². The molecule has 39 heavy (non-hydrogen) atoms. The third kappa shape index (κ3) is 6.97. The van der Waals surface area contributed by atoms with Gasteiger partial charge in [-0.1, -0.05) is 37.0 Å². The number of carbonyl (C=O) groups excluding carboxylic acids is 2. The second-order valence-electron chi connectivity index (χ2n) is 8.96. The topological polar surface area (TPSA) is 52.6 Å². The van der Waals surface area contributed by atoms with Gasteiger partial charge >= 0.3 is 11.9 Å². The van der Waals surface area contributed by atoms with Gasteiger partial charge in [-0.05, 0) is 148 Å². The van der Waals surface area contributed by atoms with Crippen LogP contribution >= 0.6 is 86.9 Å². The fourth-order valence-corrected chi connectivity index (χ4v) is 6.63. The molecule has 0 saturated heterocycles. The highest BCUT2D eigenvalue weighted by Gasteiger charge is 2.28. The van der Waals surface area contributed by atoms with Crippen molar-refractivity contribution in [3.63, 3.8) is 0 Å². The van der Waals surface area contributed by atoms with Crippen LogP contribution in [0.1, 0.15) is 45.7 Å². The first-order valence-corrected chi connectivity index (χ1v) is 15.2. The van der Waals surface area contributed by atoms with Crippen molar-refractivity contribution in [3.05, 3.63) is 123 Å². The molecule has 4 aromatic rings. The summed E-state index contributed by atoms with van der Waals surface area (Å²) in [5.41, 5.74) is 2.16. The highest BCUT2D eigenvalue weighted by atomic mass is 79.9. The van der Waals surface area contributed by atoms with Crippen LogP contribution in [0, 0.1) is 0 Å². The van der Waals surface area contributed by atoms with Gasteiger partial charge in [0.05, 0.1) is 29.0 Å². The maximum absolute atomic E-state index is 12.7. The molecule has 4 aromatic carbocycles. The van der Waals surface area contributed by atoms with Gasteiger partial charge in [0.2, 0.25) is 0 Å². The normalized spacial score (nSPS) is 11.3. The van der Waals surface area contributed by atoms with E-state index in [1.54, 1.807) is 48.5 Å². The summed E-state index contributed by atoms with van der Waals surface area (Å²) in [6.07, 6.45) is 0. The molecular formula is C29H18Br4Cl2O4. The van der Waals surface area contributed by atoms with Gasteiger partial charge in [-0.15, -0.1) is 0 Å². The summed E-state index contributed by atoms with van der Waals surface area (Å²) >= 11 is 26.1. The molecule has 0 fully saturated rings. The van der Waals surface area contributed by atoms with Crippen LogP contribution in [-0.4, -0.2) is 11.9 Å². The lowest BCUT2D eigenvalue weighted by molar-refractivity contribution is 0.0722. The summed E-state index contributed by atoms with van der Waals surface area (Å²) in [7, 11) is 0. The third-order valence-corrected chi connectivity index (χ3v) is 8.85. The van der Waals surface area contributed by atoms with Crippen molar-refractivity contribution in [2.45, 2.75) is 19.3 Å². The van der Waals surface area contributed by atoms with Crippen molar-refractivity contribution in [3.8, 4) is 11.5 Å². The van der Waals surface area contributed by atoms with Gasteiger partial charge in [0.1, 0.15) is 0 Å². The molecule has 0 radical (unpaired) electrons. The Morgan fingerprint density at radius 1 is 0.590 bits per heavy atom. The van der Waals surface area contributed by atoms with Crippen LogP contribution in [0.15, 0.2) is 90.7 Å². The molecule has 0 N–H and O–H groups in total. The molecule has 10 heteroatoms. The van der Waals surface area contributed by atoms with E-state index in [1.807, 2.05) is 24.3 Å². The first kappa shape index (κ1) is 30.3. The molecule has 4 rings (SSSR count). The van der Waals surface area contributed by atoms with Crippen molar-refractivity contribution in [1.82, 2.24) is 0 Å². The van der Waals surface area contributed by atoms with Crippen molar-refractivity contribution >= 4 is 98.9 Å². The van der Waals surface area contributed by atoms with E-state index in [0.717, 1.165) is 11.1 Å². The van der Waals surface area contributed by atoms with Crippen LogP contribution < -0.4 is 9.47 Å². The summed E-state index contributed by atoms with van der Waals surface area (Å²) in [6, 6.07) is 20.6. The van der Waals surface area contributed by atoms with E-state index >= 15 is 0 Å². The maximum atomic E-state index is 12.7. The van der Waals surface area contributed by atoms with E-state index in [2.05, 4.69) is 77.6 Å². The highest BCUT2D eigenvalue weighted by Crippen LogP contribution is 2.44. The minimum absolute atomic E-state index is 0.362. The minimum atomic E-state index is -0.503. The van der Waals surface area contributed by atoms with Crippen LogP contribution in [0.2, 0.25) is 10.0 Å². The SMILES string of the molecule is CC(C)(c1cc(Br)c(OC(=O)c2ccc(Cl)cc2)c(Br)c1)c1cc(Br)c(OC(=O)c2ccc(Cl)cc2)c(Br)c1. The van der Waals surface area contributed by atoms with Gasteiger partial charge in [0.25, 0.3) is 0 Å². The molecule has 0 saturated carbocycles. The Kier molecular flexibility index (Phi) is 9.67. The van der Waals surface area contributed by atoms with Crippen molar-refractivity contribution in [2.75, 3.05) is 0 Å². The van der Waals surface area contributed by atoms with Gasteiger partial charge in [-0.2, -0.15) is 0 Å². The maximum Gasteiger partial charge on any atom is 0.343 e. The fraction of sp³-hybridized carbons (Fsp3) is 0.103. The molecule has 0 atom stereocenters. The third-order valence-electron chi connectivity index (χ3n) is 5.99. The zero-order chi connectivity index (χ0) is 28.5. The molecule has 0 aliphatic rings. The first-order valence-electron chi connectivity index (χ1n) is 11.3. The number of halogens is 6. The molecule has 0 unspecified atom stereocenters. The monoisotopic (exact) mass is 816 g/mol. The Morgan fingerprint density at radius 2 is 0.872 bits per heavy atom. The minimum Gasteiger partial charge on any atom is -0.421 e. The largest absolute Gasteiger partial charge is 0.421 e. The summed E-state index contributed by atoms with van der Waals surface area (Å²) in [5, 5.41) is 1.07. The Balaban J connectivity index is 1.59. The van der Waals surface area contributed by atoms with Gasteiger partial charge < -0.3 is 9.47 Å². The number of benzene rings is 4. The number of rotatable bonds is 6. The standard InChI is InChI=1S/C29H18Br4Cl2O4/c1-29(2,17-11-21(30)25(22(31)12-17)38-27(36)15-3-7-19(34)8-4-15)18-13-23(32)26(24(33)14-18)39-28(37)16-5-9-20(35)10-6-16/h3-14H,1-2H3. The summed E-state index contributed by atoms with van der Waals surface area (Å²) < 4.78 is 13.7. The van der Waals surface area contributed by atoms with Crippen LogP contribution in [0.5, 0.6) is 11.5 Å². The lowest BCUT2D eigenvalue weighted by Gasteiger charge is -2.28. The average molecular weight is 821 g/mol. The van der Waals surface area contributed by atoms with E-state index < -0.39 is 17.4 Å². The number of esters is 2. The van der Waals surface area contributed by atoms with E-state index in [-0.39, 0.29) is 0 Å². The lowest BCUT2D eigenvalue weighted by Crippen LogP contribution is -2.20. The first-order chi connectivity index (χ1) is 18.4. The van der Waals surface area contributed by atoms with Crippen LogP contribution in [0.4, 0.5) is 0 Å². The second-order valence-corrected chi connectivity index (χ2v) is 13.2. The number of hydrogen-bond acceptors (Lipinski definition) is 4. The predicted octanol–water partition coefficient (Wildman–Crippen LogP) is 10.8. The van der Waals surface area contributed by atoms with Gasteiger partial charge in [0.15, 0.2) is 11.5 Å². The smallest absolute Gasteiger partial charge is 0.343 e. The van der Waals surface area contributed by atoms with E-state index in [0.29, 0.717) is 50.6 Å². The van der Waals surface area contributed by atoms with Crippen molar-refractivity contribution in [1.29, 1.82) is 0 Å². The summed E-state index contributed by atoms with van der Waals surface area (Å²) in [4.78, 5) is 25.3. The van der Waals surface area contributed by atoms with Gasteiger partial charge in [-0.3, -0.25) is 0 Å². The average Bonchev–Trinajstić information content (AvgIpc) is 2.88. The number of ether oxygens (including phenoxy) is 2. The van der Waals surface area contributed by atoms with Gasteiger partial charge in [0, 0.05) is 15.5 Å². The molecule has 0 bridgehead atoms. The second kappa shape index (κ2) is 12.5. The molecular weight excluding hydrogens is 803 g/mol. The molecule has 4 nitrogen and oxygen atoms in total. The van der Waals surface area contributed by atoms with Crippen LogP contribution in [0.25, 0.3) is 0 Å². The van der Waals surface area contributed by atoms with E-state index in [9.17, 15) is 9.59 Å². The predicted molar refractivity (Wildman–Crippen MR) is 169 cm³/mol. The Morgan fingerprint density at radius 3 is 1.15 bits per heavy atom. The quantitative estimate of drug-likeness (QED) is 0.144. The zero-order valence-electron chi connectivity index (χ0n) is 20.3. The Bertz CT molecular complexity index is 1410. The molecule has 0 aliphatic heterocycles. The fourth-order valence-electron chi connectivity index (χ4n) is 3.68. The number of hydrogen-bond donors (Lipinski definition) is 0. The Hall–Kier alpha value is -1.68. The van der Waals surface area contributed by atoms with E-state index in [4.69, 9.17) is 32.7 Å². The molecule has 0 amide bonds. The highest BCUT2D eigenvalue weighted by molar-refractivity contribution is 9.11. The molecule has 200 valence electrons. The lowest BCUT2D eigenvalue weighted by atomic mass is 9.78. The van der Waals surface area contributed by atoms with Crippen LogP contribution in [0.3, 0.4) is 0 Å². The molecule has 0 aliphatic carbocycles. The molecule has 0 heterocycles. The molecule has 0 spiro atoms. The zero-order valence-corrected chi connectivity index (χ0v) is 28.2. The number of carbonyl (C=O) groups is 2. The Labute approximate surface area is 269 Å². The summed E-state index contributed by atoms with van der Waals surface area (Å²) in [6.45, 7) is 4.13. The molecule has 0 aromatic heterocycles. The van der Waals surface area contributed by atoms with Crippen LogP contribution in [-0.2, 0) is 5.41 Å². The summed E-state index contributed by atoms with van der Waals surface area (Å²) in [5.74, 6) is -0.281.